The van der Waals surface area contributed by atoms with Crippen molar-refractivity contribution in [2.75, 3.05) is 26.6 Å². The molecule has 14 heteroatoms. The minimum absolute atomic E-state index is 0.0528. The Bertz CT molecular complexity index is 995. The third-order valence-electron chi connectivity index (χ3n) is 7.30. The number of rotatable bonds is 17. The molecule has 5 atom stereocenters. The van der Waals surface area contributed by atoms with Gasteiger partial charge in [-0.25, -0.2) is 4.79 Å². The molecule has 0 radical (unpaired) electrons. The lowest BCUT2D eigenvalue weighted by Crippen LogP contribution is -2.72. The van der Waals surface area contributed by atoms with Crippen LogP contribution < -0.4 is 0 Å². The van der Waals surface area contributed by atoms with E-state index in [0.717, 1.165) is 4.90 Å². The first kappa shape index (κ1) is 38.6. The third-order valence-corrected chi connectivity index (χ3v) is 8.70. The van der Waals surface area contributed by atoms with Crippen molar-refractivity contribution in [1.82, 2.24) is 4.90 Å². The maximum absolute atomic E-state index is 13.7. The lowest BCUT2D eigenvalue weighted by atomic mass is 9.63. The number of β-lactam (4-membered cyclic amide) rings is 1. The summed E-state index contributed by atoms with van der Waals surface area (Å²) in [5.74, 6) is -7.28. The zero-order valence-corrected chi connectivity index (χ0v) is 29.0. The fraction of sp³-hybridized carbons (Fsp3) is 0.793. The highest BCUT2D eigenvalue weighted by Gasteiger charge is 2.59. The van der Waals surface area contributed by atoms with E-state index in [9.17, 15) is 29.1 Å². The molecule has 0 aromatic rings. The van der Waals surface area contributed by atoms with Crippen molar-refractivity contribution < 1.29 is 52.5 Å². The van der Waals surface area contributed by atoms with Crippen LogP contribution in [0.2, 0.25) is 13.1 Å². The van der Waals surface area contributed by atoms with Crippen molar-refractivity contribution in [2.45, 2.75) is 87.2 Å². The molecule has 1 N–H and O–H groups in total. The Morgan fingerprint density at radius 1 is 0.930 bits per heavy atom. The minimum atomic E-state index is -2.01. The predicted molar refractivity (Wildman–Crippen MR) is 163 cm³/mol. The van der Waals surface area contributed by atoms with E-state index in [1.54, 1.807) is 34.6 Å². The standard InChI is InChI=1S/C29H49NO11SSi/c1-11-37-26(34)18(27(35)38-12-2)13-20(42)17(5)22-21(19(29(6,7)8)14-41-43(9)10)23(31)30(22)24(32)28(36)40-15-39-25(33)16(3)4/h16-19,21-22,24,32,43H,11-15H2,1-10H3/t17-,19+,21-,22+,24?/m0/s1. The second-order valence-electron chi connectivity index (χ2n) is 12.2. The molecule has 1 heterocycles. The van der Waals surface area contributed by atoms with Crippen LogP contribution in [0.5, 0.6) is 0 Å². The summed E-state index contributed by atoms with van der Waals surface area (Å²) >= 11 is 5.71. The number of thiocarbonyl (C=S) groups is 1. The highest BCUT2D eigenvalue weighted by molar-refractivity contribution is 7.80. The number of aliphatic hydroxyl groups is 1. The number of amides is 1. The van der Waals surface area contributed by atoms with Gasteiger partial charge in [0.1, 0.15) is 0 Å². The Morgan fingerprint density at radius 2 is 1.44 bits per heavy atom. The molecule has 1 amide bonds. The molecule has 1 fully saturated rings. The Hall–Kier alpha value is -2.42. The fourth-order valence-corrected chi connectivity index (χ4v) is 5.71. The van der Waals surface area contributed by atoms with Crippen LogP contribution in [0.4, 0.5) is 0 Å². The van der Waals surface area contributed by atoms with Crippen LogP contribution in [0.3, 0.4) is 0 Å². The van der Waals surface area contributed by atoms with E-state index in [4.69, 9.17) is 35.6 Å². The number of carbonyl (C=O) groups excluding carboxylic acids is 5. The Kier molecular flexibility index (Phi) is 15.4. The van der Waals surface area contributed by atoms with E-state index in [-0.39, 0.29) is 37.0 Å². The molecule has 12 nitrogen and oxygen atoms in total. The fourth-order valence-electron chi connectivity index (χ4n) is 4.82. The summed E-state index contributed by atoms with van der Waals surface area (Å²) in [6, 6.07) is -0.799. The first-order chi connectivity index (χ1) is 19.9. The van der Waals surface area contributed by atoms with Crippen molar-refractivity contribution in [3.05, 3.63) is 0 Å². The number of aliphatic hydroxyl groups excluding tert-OH is 1. The summed E-state index contributed by atoms with van der Waals surface area (Å²) in [5.41, 5.74) is -0.412. The molecule has 0 bridgehead atoms. The summed E-state index contributed by atoms with van der Waals surface area (Å²) in [4.78, 5) is 64.7. The average Bonchev–Trinajstić information content (AvgIpc) is 2.90. The van der Waals surface area contributed by atoms with Gasteiger partial charge in [-0.2, -0.15) is 0 Å². The van der Waals surface area contributed by atoms with Crippen LogP contribution in [0.15, 0.2) is 0 Å². The van der Waals surface area contributed by atoms with E-state index in [1.165, 1.54) is 0 Å². The van der Waals surface area contributed by atoms with Gasteiger partial charge in [-0.15, -0.1) is 0 Å². The highest BCUT2D eigenvalue weighted by Crippen LogP contribution is 2.46. The SMILES string of the molecule is CCOC(=O)C(CC(=S)[C@H](C)[C@@H]1[C@H]([C@@H](CO[SiH](C)C)C(C)(C)C)C(=O)N1C(O)C(=O)OCOC(=O)C(C)C)C(=O)OCC. The van der Waals surface area contributed by atoms with E-state index in [0.29, 0.717) is 0 Å². The van der Waals surface area contributed by atoms with Crippen molar-refractivity contribution in [3.8, 4) is 0 Å². The number of hydrogen-bond acceptors (Lipinski definition) is 12. The average molecular weight is 648 g/mol. The van der Waals surface area contributed by atoms with Crippen LogP contribution in [0, 0.1) is 35.0 Å². The number of esters is 4. The molecule has 0 spiro atoms. The lowest BCUT2D eigenvalue weighted by molar-refractivity contribution is -0.206. The normalized spacial score (nSPS) is 19.0. The maximum Gasteiger partial charge on any atom is 0.359 e. The van der Waals surface area contributed by atoms with Gasteiger partial charge in [-0.1, -0.05) is 53.8 Å². The third kappa shape index (κ3) is 10.6. The van der Waals surface area contributed by atoms with Gasteiger partial charge in [-0.3, -0.25) is 19.2 Å². The molecule has 0 saturated carbocycles. The molecule has 1 aliphatic heterocycles. The lowest BCUT2D eigenvalue weighted by Gasteiger charge is -2.56. The van der Waals surface area contributed by atoms with Crippen LogP contribution in [-0.4, -0.2) is 92.6 Å². The van der Waals surface area contributed by atoms with Crippen LogP contribution in [-0.2, 0) is 47.3 Å². The van der Waals surface area contributed by atoms with E-state index in [2.05, 4.69) is 0 Å². The first-order valence-corrected chi connectivity index (χ1v) is 17.9. The van der Waals surface area contributed by atoms with Gasteiger partial charge in [0.15, 0.2) is 15.0 Å². The zero-order valence-electron chi connectivity index (χ0n) is 27.0. The first-order valence-electron chi connectivity index (χ1n) is 14.7. The van der Waals surface area contributed by atoms with E-state index < -0.39 is 87.0 Å². The van der Waals surface area contributed by atoms with Crippen molar-refractivity contribution in [3.63, 3.8) is 0 Å². The molecule has 0 aromatic heterocycles. The van der Waals surface area contributed by atoms with Gasteiger partial charge in [0.2, 0.25) is 18.9 Å². The predicted octanol–water partition coefficient (Wildman–Crippen LogP) is 2.63. The number of likely N-dealkylation sites (tertiary alicyclic amines) is 1. The summed E-state index contributed by atoms with van der Waals surface area (Å²) < 4.78 is 26.0. The second-order valence-corrected chi connectivity index (χ2v) is 15.2. The van der Waals surface area contributed by atoms with Gasteiger partial charge < -0.3 is 33.4 Å². The van der Waals surface area contributed by atoms with E-state index >= 15 is 0 Å². The molecular weight excluding hydrogens is 598 g/mol. The molecule has 1 saturated heterocycles. The van der Waals surface area contributed by atoms with Gasteiger partial charge in [-0.05, 0) is 43.1 Å². The van der Waals surface area contributed by atoms with Gasteiger partial charge in [0.25, 0.3) is 0 Å². The Balaban J connectivity index is 3.39. The smallest absolute Gasteiger partial charge is 0.359 e. The minimum Gasteiger partial charge on any atom is -0.465 e. The van der Waals surface area contributed by atoms with Crippen LogP contribution in [0.25, 0.3) is 0 Å². The number of nitrogens with zero attached hydrogens (tertiary/aromatic N) is 1. The van der Waals surface area contributed by atoms with Gasteiger partial charge in [0, 0.05) is 18.9 Å². The molecule has 0 aliphatic carbocycles. The molecule has 0 aromatic carbocycles. The van der Waals surface area contributed by atoms with Crippen molar-refractivity contribution in [2.24, 2.45) is 35.0 Å². The highest BCUT2D eigenvalue weighted by atomic mass is 32.1. The van der Waals surface area contributed by atoms with Crippen LogP contribution >= 0.6 is 12.2 Å². The molecule has 1 rings (SSSR count). The number of ether oxygens (including phenoxy) is 4. The van der Waals surface area contributed by atoms with Crippen molar-refractivity contribution in [1.29, 1.82) is 0 Å². The molecule has 1 unspecified atom stereocenters. The Labute approximate surface area is 261 Å². The van der Waals surface area contributed by atoms with Crippen LogP contribution in [0.1, 0.15) is 61.8 Å². The summed E-state index contributed by atoms with van der Waals surface area (Å²) in [5, 5.41) is 11.0. The summed E-state index contributed by atoms with van der Waals surface area (Å²) in [6.45, 7) is 17.8. The number of hydrogen-bond donors (Lipinski definition) is 1. The molecule has 43 heavy (non-hydrogen) atoms. The number of carbonyl (C=O) groups is 5. The van der Waals surface area contributed by atoms with E-state index in [1.807, 2.05) is 33.9 Å². The zero-order chi connectivity index (χ0) is 33.2. The van der Waals surface area contributed by atoms with Gasteiger partial charge in [0.05, 0.1) is 31.1 Å². The monoisotopic (exact) mass is 647 g/mol. The maximum atomic E-state index is 13.7. The summed E-state index contributed by atoms with van der Waals surface area (Å²) in [6.07, 6.45) is -2.20. The van der Waals surface area contributed by atoms with Crippen molar-refractivity contribution >= 4 is 55.9 Å². The van der Waals surface area contributed by atoms with Gasteiger partial charge >= 0.3 is 23.9 Å². The summed E-state index contributed by atoms with van der Waals surface area (Å²) in [7, 11) is -1.47. The Morgan fingerprint density at radius 3 is 1.88 bits per heavy atom. The topological polar surface area (TPSA) is 155 Å². The molecule has 246 valence electrons. The second kappa shape index (κ2) is 17.2. The quantitative estimate of drug-likeness (QED) is 0.0469. The molecular formula is C29H49NO11SSi. The largest absolute Gasteiger partial charge is 0.465 e. The molecule has 1 aliphatic rings.